The van der Waals surface area contributed by atoms with Crippen LogP contribution in [0.25, 0.3) is 5.82 Å². The molecule has 2 N–H and O–H groups in total. The number of urea groups is 1. The SMILES string of the molecule is O=C(Nc1ccc(Oc2cc(-n3ccnc3)ncn2)cc1)Nc1cc(F)ccc1F. The summed E-state index contributed by atoms with van der Waals surface area (Å²) in [4.78, 5) is 24.2. The van der Waals surface area contributed by atoms with Crippen molar-refractivity contribution in [1.82, 2.24) is 19.5 Å². The minimum Gasteiger partial charge on any atom is -0.439 e. The second-order valence-electron chi connectivity index (χ2n) is 6.01. The van der Waals surface area contributed by atoms with E-state index in [1.165, 1.54) is 6.33 Å². The van der Waals surface area contributed by atoms with Gasteiger partial charge in [-0.3, -0.25) is 4.57 Å². The first-order valence-electron chi connectivity index (χ1n) is 8.68. The maximum absolute atomic E-state index is 13.6. The van der Waals surface area contributed by atoms with Gasteiger partial charge in [0.15, 0.2) is 0 Å². The molecule has 4 aromatic rings. The summed E-state index contributed by atoms with van der Waals surface area (Å²) in [5, 5.41) is 4.78. The van der Waals surface area contributed by atoms with Crippen LogP contribution in [0.3, 0.4) is 0 Å². The minimum absolute atomic E-state index is 0.259. The first-order valence-corrected chi connectivity index (χ1v) is 8.68. The number of halogens is 2. The Morgan fingerprint density at radius 1 is 1.00 bits per heavy atom. The van der Waals surface area contributed by atoms with Crippen LogP contribution in [-0.2, 0) is 0 Å². The Morgan fingerprint density at radius 2 is 1.83 bits per heavy atom. The first kappa shape index (κ1) is 19.0. The number of benzene rings is 2. The number of hydrogen-bond acceptors (Lipinski definition) is 5. The fourth-order valence-electron chi connectivity index (χ4n) is 2.53. The molecule has 0 aliphatic carbocycles. The molecule has 0 spiro atoms. The highest BCUT2D eigenvalue weighted by Gasteiger charge is 2.09. The molecule has 2 amide bonds. The molecule has 0 atom stereocenters. The van der Waals surface area contributed by atoms with Crippen LogP contribution in [0, 0.1) is 11.6 Å². The predicted molar refractivity (Wildman–Crippen MR) is 105 cm³/mol. The van der Waals surface area contributed by atoms with E-state index in [0.29, 0.717) is 23.1 Å². The number of ether oxygens (including phenoxy) is 1. The lowest BCUT2D eigenvalue weighted by molar-refractivity contribution is 0.262. The first-order chi connectivity index (χ1) is 14.6. The Kier molecular flexibility index (Phi) is 5.29. The molecule has 2 aromatic carbocycles. The van der Waals surface area contributed by atoms with Crippen molar-refractivity contribution in [2.24, 2.45) is 0 Å². The zero-order valence-electron chi connectivity index (χ0n) is 15.3. The number of amides is 2. The van der Waals surface area contributed by atoms with Crippen molar-refractivity contribution in [2.75, 3.05) is 10.6 Å². The Balaban J connectivity index is 1.39. The van der Waals surface area contributed by atoms with Gasteiger partial charge in [0.2, 0.25) is 5.88 Å². The quantitative estimate of drug-likeness (QED) is 0.511. The van der Waals surface area contributed by atoms with Crippen molar-refractivity contribution in [3.05, 3.63) is 85.2 Å². The molecular formula is C20H14F2N6O2. The molecule has 0 fully saturated rings. The van der Waals surface area contributed by atoms with Gasteiger partial charge in [-0.1, -0.05) is 0 Å². The number of anilines is 2. The fraction of sp³-hybridized carbons (Fsp3) is 0. The third-order valence-electron chi connectivity index (χ3n) is 3.91. The van der Waals surface area contributed by atoms with Crippen LogP contribution in [0.1, 0.15) is 0 Å². The highest BCUT2D eigenvalue weighted by atomic mass is 19.1. The zero-order valence-corrected chi connectivity index (χ0v) is 15.3. The highest BCUT2D eigenvalue weighted by Crippen LogP contribution is 2.23. The summed E-state index contributed by atoms with van der Waals surface area (Å²) in [5.74, 6) is 0.00233. The van der Waals surface area contributed by atoms with Gasteiger partial charge in [-0.2, -0.15) is 0 Å². The summed E-state index contributed by atoms with van der Waals surface area (Å²) in [6, 6.07) is 10.2. The van der Waals surface area contributed by atoms with Crippen LogP contribution < -0.4 is 15.4 Å². The van der Waals surface area contributed by atoms with Gasteiger partial charge in [0.05, 0.1) is 5.69 Å². The van der Waals surface area contributed by atoms with Crippen molar-refractivity contribution in [2.45, 2.75) is 0 Å². The lowest BCUT2D eigenvalue weighted by Crippen LogP contribution is -2.20. The van der Waals surface area contributed by atoms with Gasteiger partial charge in [0.25, 0.3) is 0 Å². The molecule has 150 valence electrons. The topological polar surface area (TPSA) is 94.0 Å². The molecule has 10 heteroatoms. The van der Waals surface area contributed by atoms with E-state index in [0.717, 1.165) is 18.2 Å². The van der Waals surface area contributed by atoms with E-state index in [4.69, 9.17) is 4.74 Å². The summed E-state index contributed by atoms with van der Waals surface area (Å²) < 4.78 is 34.2. The van der Waals surface area contributed by atoms with E-state index in [1.807, 2.05) is 0 Å². The predicted octanol–water partition coefficient (Wildman–Crippen LogP) is 4.38. The summed E-state index contributed by atoms with van der Waals surface area (Å²) in [5.41, 5.74) is 0.170. The Bertz CT molecular complexity index is 1170. The molecule has 0 unspecified atom stereocenters. The summed E-state index contributed by atoms with van der Waals surface area (Å²) in [6.07, 6.45) is 6.35. The number of hydrogen-bond donors (Lipinski definition) is 2. The van der Waals surface area contributed by atoms with Gasteiger partial charge in [-0.25, -0.2) is 28.5 Å². The van der Waals surface area contributed by atoms with Crippen LogP contribution >= 0.6 is 0 Å². The van der Waals surface area contributed by atoms with Crippen molar-refractivity contribution >= 4 is 17.4 Å². The van der Waals surface area contributed by atoms with E-state index in [1.54, 1.807) is 53.6 Å². The lowest BCUT2D eigenvalue weighted by atomic mass is 10.3. The van der Waals surface area contributed by atoms with Gasteiger partial charge in [0.1, 0.15) is 35.9 Å². The molecule has 8 nitrogen and oxygen atoms in total. The monoisotopic (exact) mass is 408 g/mol. The number of imidazole rings is 1. The smallest absolute Gasteiger partial charge is 0.323 e. The van der Waals surface area contributed by atoms with Gasteiger partial charge in [-0.05, 0) is 36.4 Å². The van der Waals surface area contributed by atoms with Crippen LogP contribution in [0.4, 0.5) is 25.0 Å². The molecule has 0 aliphatic rings. The number of carbonyl (C=O) groups is 1. The van der Waals surface area contributed by atoms with Crippen LogP contribution in [0.2, 0.25) is 0 Å². The standard InChI is InChI=1S/C20H14F2N6O2/c21-13-1-6-16(22)17(9-13)27-20(29)26-14-2-4-15(5-3-14)30-19-10-18(24-11-25-19)28-8-7-23-12-28/h1-12H,(H2,26,27,29). The maximum atomic E-state index is 13.6. The third kappa shape index (κ3) is 4.55. The van der Waals surface area contributed by atoms with Crippen LogP contribution in [0.15, 0.2) is 73.6 Å². The summed E-state index contributed by atoms with van der Waals surface area (Å²) in [6.45, 7) is 0. The normalized spacial score (nSPS) is 10.5. The average molecular weight is 408 g/mol. The molecule has 2 aromatic heterocycles. The van der Waals surface area contributed by atoms with Crippen molar-refractivity contribution in [3.8, 4) is 17.4 Å². The number of rotatable bonds is 5. The number of nitrogens with zero attached hydrogens (tertiary/aromatic N) is 4. The van der Waals surface area contributed by atoms with Gasteiger partial charge < -0.3 is 15.4 Å². The molecule has 30 heavy (non-hydrogen) atoms. The molecule has 0 bridgehead atoms. The second-order valence-corrected chi connectivity index (χ2v) is 6.01. The molecule has 0 saturated carbocycles. The van der Waals surface area contributed by atoms with Gasteiger partial charge in [0, 0.05) is 30.2 Å². The van der Waals surface area contributed by atoms with Crippen LogP contribution in [0.5, 0.6) is 11.6 Å². The fourth-order valence-corrected chi connectivity index (χ4v) is 2.53. The van der Waals surface area contributed by atoms with Crippen molar-refractivity contribution < 1.29 is 18.3 Å². The largest absolute Gasteiger partial charge is 0.439 e. The van der Waals surface area contributed by atoms with Crippen molar-refractivity contribution in [3.63, 3.8) is 0 Å². The molecule has 0 saturated heterocycles. The Labute approximate surface area is 169 Å². The Morgan fingerprint density at radius 3 is 2.60 bits per heavy atom. The average Bonchev–Trinajstić information content (AvgIpc) is 3.27. The van der Waals surface area contributed by atoms with E-state index in [2.05, 4.69) is 25.6 Å². The highest BCUT2D eigenvalue weighted by molar-refractivity contribution is 5.99. The Hall–Kier alpha value is -4.34. The number of aromatic nitrogens is 4. The molecule has 0 aliphatic heterocycles. The second kappa shape index (κ2) is 8.35. The van der Waals surface area contributed by atoms with E-state index in [9.17, 15) is 13.6 Å². The molecule has 2 heterocycles. The van der Waals surface area contributed by atoms with E-state index in [-0.39, 0.29) is 5.69 Å². The molecule has 0 radical (unpaired) electrons. The number of nitrogens with one attached hydrogen (secondary N) is 2. The minimum atomic E-state index is -0.741. The van der Waals surface area contributed by atoms with E-state index >= 15 is 0 Å². The molecular weight excluding hydrogens is 394 g/mol. The molecule has 4 rings (SSSR count). The third-order valence-corrected chi connectivity index (χ3v) is 3.91. The zero-order chi connectivity index (χ0) is 20.9. The summed E-state index contributed by atoms with van der Waals surface area (Å²) in [7, 11) is 0. The van der Waals surface area contributed by atoms with Gasteiger partial charge >= 0.3 is 6.03 Å². The van der Waals surface area contributed by atoms with Gasteiger partial charge in [-0.15, -0.1) is 0 Å². The maximum Gasteiger partial charge on any atom is 0.323 e. The van der Waals surface area contributed by atoms with E-state index < -0.39 is 17.7 Å². The number of carbonyl (C=O) groups excluding carboxylic acids is 1. The van der Waals surface area contributed by atoms with Crippen LogP contribution in [-0.4, -0.2) is 25.6 Å². The lowest BCUT2D eigenvalue weighted by Gasteiger charge is -2.10. The van der Waals surface area contributed by atoms with Crippen molar-refractivity contribution in [1.29, 1.82) is 0 Å². The summed E-state index contributed by atoms with van der Waals surface area (Å²) >= 11 is 0.